The average molecular weight is 325 g/mol. The van der Waals surface area contributed by atoms with Crippen LogP contribution in [0.15, 0.2) is 48.5 Å². The van der Waals surface area contributed by atoms with Gasteiger partial charge in [0.05, 0.1) is 11.5 Å². The molecule has 0 spiro atoms. The summed E-state index contributed by atoms with van der Waals surface area (Å²) in [6, 6.07) is 14.9. The minimum absolute atomic E-state index is 0.0735. The molecule has 1 heterocycles. The lowest BCUT2D eigenvalue weighted by Gasteiger charge is -2.17. The number of phenols is 1. The van der Waals surface area contributed by atoms with Gasteiger partial charge in [-0.3, -0.25) is 9.59 Å². The summed E-state index contributed by atoms with van der Waals surface area (Å²) in [4.78, 5) is 25.2. The summed E-state index contributed by atoms with van der Waals surface area (Å²) in [5.74, 6) is -1.79. The van der Waals surface area contributed by atoms with Crippen molar-refractivity contribution in [2.24, 2.45) is 5.92 Å². The van der Waals surface area contributed by atoms with Gasteiger partial charge in [-0.15, -0.1) is 0 Å². The molecule has 2 N–H and O–H groups in total. The second-order valence-corrected chi connectivity index (χ2v) is 6.09. The number of phenolic OH excluding ortho intramolecular Hbond substituents is 1. The van der Waals surface area contributed by atoms with Gasteiger partial charge in [-0.2, -0.15) is 0 Å². The molecular formula is C19H19NO4. The number of hydrogen-bond acceptors (Lipinski definition) is 3. The minimum Gasteiger partial charge on any atom is -0.507 e. The van der Waals surface area contributed by atoms with E-state index in [-0.39, 0.29) is 23.8 Å². The smallest absolute Gasteiger partial charge is 0.308 e. The van der Waals surface area contributed by atoms with Crippen molar-refractivity contribution in [3.05, 3.63) is 65.2 Å². The average Bonchev–Trinajstić information content (AvgIpc) is 3.07. The SMILES string of the molecule is O=C(O)C1CCN(C(=O)c2cc(Cc3ccccc3)ccc2O)C1. The molecule has 24 heavy (non-hydrogen) atoms. The Labute approximate surface area is 140 Å². The number of benzene rings is 2. The van der Waals surface area contributed by atoms with Crippen LogP contribution in [0.4, 0.5) is 0 Å². The molecule has 2 aromatic rings. The third-order valence-electron chi connectivity index (χ3n) is 4.37. The van der Waals surface area contributed by atoms with Crippen LogP contribution in [0.5, 0.6) is 5.75 Å². The summed E-state index contributed by atoms with van der Waals surface area (Å²) in [6.45, 7) is 0.592. The lowest BCUT2D eigenvalue weighted by Crippen LogP contribution is -2.30. The van der Waals surface area contributed by atoms with Gasteiger partial charge in [0.2, 0.25) is 0 Å². The fourth-order valence-corrected chi connectivity index (χ4v) is 3.01. The molecule has 1 unspecified atom stereocenters. The standard InChI is InChI=1S/C19H19NO4/c21-17-7-6-14(10-13-4-2-1-3-5-13)11-16(17)18(22)20-9-8-15(12-20)19(23)24/h1-7,11,15,21H,8-10,12H2,(H,23,24). The van der Waals surface area contributed by atoms with Gasteiger partial charge in [0.15, 0.2) is 0 Å². The highest BCUT2D eigenvalue weighted by molar-refractivity contribution is 5.97. The van der Waals surface area contributed by atoms with Crippen LogP contribution in [0.2, 0.25) is 0 Å². The van der Waals surface area contributed by atoms with Gasteiger partial charge in [-0.1, -0.05) is 36.4 Å². The second kappa shape index (κ2) is 6.74. The van der Waals surface area contributed by atoms with Crippen LogP contribution >= 0.6 is 0 Å². The normalized spacial score (nSPS) is 17.0. The van der Waals surface area contributed by atoms with Crippen molar-refractivity contribution in [1.82, 2.24) is 4.90 Å². The molecule has 5 nitrogen and oxygen atoms in total. The highest BCUT2D eigenvalue weighted by Crippen LogP contribution is 2.25. The van der Waals surface area contributed by atoms with E-state index in [1.165, 1.54) is 11.0 Å². The van der Waals surface area contributed by atoms with E-state index in [1.807, 2.05) is 30.3 Å². The lowest BCUT2D eigenvalue weighted by molar-refractivity contribution is -0.141. The quantitative estimate of drug-likeness (QED) is 0.905. The summed E-state index contributed by atoms with van der Waals surface area (Å²) in [6.07, 6.45) is 1.12. The van der Waals surface area contributed by atoms with Crippen molar-refractivity contribution in [2.45, 2.75) is 12.8 Å². The van der Waals surface area contributed by atoms with Crippen molar-refractivity contribution in [2.75, 3.05) is 13.1 Å². The molecule has 0 aromatic heterocycles. The topological polar surface area (TPSA) is 77.8 Å². The molecule has 124 valence electrons. The Morgan fingerprint density at radius 1 is 1.08 bits per heavy atom. The van der Waals surface area contributed by atoms with Crippen LogP contribution in [0, 0.1) is 5.92 Å². The Hall–Kier alpha value is -2.82. The largest absolute Gasteiger partial charge is 0.507 e. The highest BCUT2D eigenvalue weighted by atomic mass is 16.4. The van der Waals surface area contributed by atoms with Gasteiger partial charge in [0.1, 0.15) is 5.75 Å². The summed E-state index contributed by atoms with van der Waals surface area (Å²) >= 11 is 0. The van der Waals surface area contributed by atoms with Crippen molar-refractivity contribution >= 4 is 11.9 Å². The molecule has 0 radical (unpaired) electrons. The maximum Gasteiger partial charge on any atom is 0.308 e. The molecule has 1 aliphatic heterocycles. The van der Waals surface area contributed by atoms with E-state index in [9.17, 15) is 14.7 Å². The molecule has 0 saturated carbocycles. The number of carbonyl (C=O) groups excluding carboxylic acids is 1. The van der Waals surface area contributed by atoms with E-state index < -0.39 is 11.9 Å². The van der Waals surface area contributed by atoms with E-state index in [2.05, 4.69) is 0 Å². The van der Waals surface area contributed by atoms with Crippen LogP contribution in [0.3, 0.4) is 0 Å². The number of carbonyl (C=O) groups is 2. The van der Waals surface area contributed by atoms with Crippen molar-refractivity contribution < 1.29 is 19.8 Å². The Balaban J connectivity index is 1.79. The van der Waals surface area contributed by atoms with E-state index in [0.717, 1.165) is 11.1 Å². The molecule has 0 aliphatic carbocycles. The summed E-state index contributed by atoms with van der Waals surface area (Å²) in [5, 5.41) is 19.1. The fourth-order valence-electron chi connectivity index (χ4n) is 3.01. The monoisotopic (exact) mass is 325 g/mol. The first-order valence-corrected chi connectivity index (χ1v) is 7.92. The van der Waals surface area contributed by atoms with Crippen molar-refractivity contribution in [1.29, 1.82) is 0 Å². The highest BCUT2D eigenvalue weighted by Gasteiger charge is 2.32. The Kier molecular flexibility index (Phi) is 4.51. The number of aliphatic carboxylic acids is 1. The number of rotatable bonds is 4. The van der Waals surface area contributed by atoms with Gasteiger partial charge >= 0.3 is 5.97 Å². The van der Waals surface area contributed by atoms with Gasteiger partial charge in [-0.05, 0) is 36.1 Å². The Morgan fingerprint density at radius 3 is 2.50 bits per heavy atom. The number of likely N-dealkylation sites (tertiary alicyclic amines) is 1. The Morgan fingerprint density at radius 2 is 1.83 bits per heavy atom. The van der Waals surface area contributed by atoms with Gasteiger partial charge in [-0.25, -0.2) is 0 Å². The van der Waals surface area contributed by atoms with Gasteiger partial charge < -0.3 is 15.1 Å². The number of hydrogen-bond donors (Lipinski definition) is 2. The number of aromatic hydroxyl groups is 1. The van der Waals surface area contributed by atoms with Crippen LogP contribution in [-0.2, 0) is 11.2 Å². The van der Waals surface area contributed by atoms with E-state index >= 15 is 0 Å². The van der Waals surface area contributed by atoms with Crippen LogP contribution in [0.25, 0.3) is 0 Å². The summed E-state index contributed by atoms with van der Waals surface area (Å²) in [7, 11) is 0. The number of carboxylic acids is 1. The minimum atomic E-state index is -0.882. The molecule has 1 aliphatic rings. The number of carboxylic acid groups (broad SMARTS) is 1. The molecule has 1 amide bonds. The number of nitrogens with zero attached hydrogens (tertiary/aromatic N) is 1. The summed E-state index contributed by atoms with van der Waals surface area (Å²) < 4.78 is 0. The summed E-state index contributed by atoms with van der Waals surface area (Å²) in [5.41, 5.74) is 2.28. The van der Waals surface area contributed by atoms with Crippen molar-refractivity contribution in [3.8, 4) is 5.75 Å². The van der Waals surface area contributed by atoms with Gasteiger partial charge in [0, 0.05) is 13.1 Å². The molecule has 2 aromatic carbocycles. The zero-order chi connectivity index (χ0) is 17.1. The van der Waals surface area contributed by atoms with Crippen LogP contribution < -0.4 is 0 Å². The lowest BCUT2D eigenvalue weighted by atomic mass is 10.0. The molecular weight excluding hydrogens is 306 g/mol. The zero-order valence-electron chi connectivity index (χ0n) is 13.2. The predicted molar refractivity (Wildman–Crippen MR) is 89.0 cm³/mol. The fraction of sp³-hybridized carbons (Fsp3) is 0.263. The molecule has 3 rings (SSSR count). The van der Waals surface area contributed by atoms with Crippen LogP contribution in [-0.4, -0.2) is 40.1 Å². The van der Waals surface area contributed by atoms with E-state index in [1.54, 1.807) is 12.1 Å². The maximum absolute atomic E-state index is 12.6. The second-order valence-electron chi connectivity index (χ2n) is 6.09. The van der Waals surface area contributed by atoms with Crippen molar-refractivity contribution in [3.63, 3.8) is 0 Å². The molecule has 5 heteroatoms. The molecule has 0 bridgehead atoms. The third kappa shape index (κ3) is 3.40. The number of amides is 1. The molecule has 1 saturated heterocycles. The first-order valence-electron chi connectivity index (χ1n) is 7.92. The third-order valence-corrected chi connectivity index (χ3v) is 4.37. The van der Waals surface area contributed by atoms with E-state index in [0.29, 0.717) is 19.4 Å². The first kappa shape index (κ1) is 16.1. The predicted octanol–water partition coefficient (Wildman–Crippen LogP) is 2.53. The zero-order valence-corrected chi connectivity index (χ0v) is 13.2. The molecule has 1 fully saturated rings. The van der Waals surface area contributed by atoms with Crippen LogP contribution in [0.1, 0.15) is 27.9 Å². The van der Waals surface area contributed by atoms with Gasteiger partial charge in [0.25, 0.3) is 5.91 Å². The molecule has 1 atom stereocenters. The van der Waals surface area contributed by atoms with E-state index in [4.69, 9.17) is 5.11 Å². The Bertz CT molecular complexity index is 757. The first-order chi connectivity index (χ1) is 11.5. The maximum atomic E-state index is 12.6.